The largest absolute Gasteiger partial charge is 0.304 e. The Balaban J connectivity index is 1.87. The summed E-state index contributed by atoms with van der Waals surface area (Å²) in [6.45, 7) is 3.61. The minimum atomic E-state index is -0.398. The van der Waals surface area contributed by atoms with E-state index in [1.54, 1.807) is 37.4 Å². The summed E-state index contributed by atoms with van der Waals surface area (Å²) in [5, 5.41) is 3.56. The molecule has 126 valence electrons. The van der Waals surface area contributed by atoms with Crippen LogP contribution >= 0.6 is 23.2 Å². The van der Waals surface area contributed by atoms with Crippen LogP contribution in [0.5, 0.6) is 0 Å². The van der Waals surface area contributed by atoms with Crippen LogP contribution in [0.15, 0.2) is 36.8 Å². The van der Waals surface area contributed by atoms with Gasteiger partial charge in [-0.2, -0.15) is 0 Å². The fourth-order valence-electron chi connectivity index (χ4n) is 2.19. The van der Waals surface area contributed by atoms with Crippen molar-refractivity contribution in [3.8, 4) is 11.3 Å². The Morgan fingerprint density at radius 1 is 1.04 bits per heavy atom. The predicted octanol–water partition coefficient (Wildman–Crippen LogP) is 4.11. The lowest BCUT2D eigenvalue weighted by atomic mass is 10.1. The second kappa shape index (κ2) is 7.13. The number of hydrogen-bond acceptors (Lipinski definition) is 5. The molecule has 2 heterocycles. The SMILES string of the molecule is Cc1cnc(NC(=O)c2cc(-c3ccc(Cl)c(Cl)c3)ncn2)c(C)n1. The van der Waals surface area contributed by atoms with E-state index in [-0.39, 0.29) is 5.69 Å². The smallest absolute Gasteiger partial charge is 0.275 e. The minimum Gasteiger partial charge on any atom is -0.304 e. The second-order valence-electron chi connectivity index (χ2n) is 5.32. The number of rotatable bonds is 3. The van der Waals surface area contributed by atoms with Crippen molar-refractivity contribution in [2.24, 2.45) is 0 Å². The lowest BCUT2D eigenvalue weighted by Gasteiger charge is -2.08. The maximum absolute atomic E-state index is 12.4. The molecule has 1 amide bonds. The van der Waals surface area contributed by atoms with Crippen molar-refractivity contribution in [2.45, 2.75) is 13.8 Å². The van der Waals surface area contributed by atoms with Gasteiger partial charge in [0.1, 0.15) is 12.0 Å². The minimum absolute atomic E-state index is 0.206. The maximum Gasteiger partial charge on any atom is 0.275 e. The van der Waals surface area contributed by atoms with Crippen LogP contribution in [0.3, 0.4) is 0 Å². The number of carbonyl (C=O) groups is 1. The Morgan fingerprint density at radius 2 is 1.84 bits per heavy atom. The first kappa shape index (κ1) is 17.3. The highest BCUT2D eigenvalue weighted by atomic mass is 35.5. The molecule has 0 unspecified atom stereocenters. The molecule has 1 N–H and O–H groups in total. The van der Waals surface area contributed by atoms with Crippen molar-refractivity contribution < 1.29 is 4.79 Å². The molecule has 8 heteroatoms. The van der Waals surface area contributed by atoms with Crippen molar-refractivity contribution in [3.05, 3.63) is 63.9 Å². The van der Waals surface area contributed by atoms with Crippen LogP contribution in [0.4, 0.5) is 5.82 Å². The standard InChI is InChI=1S/C17H13Cl2N5O/c1-9-7-20-16(10(2)23-9)24-17(25)15-6-14(21-8-22-15)11-3-4-12(18)13(19)5-11/h3-8H,1-2H3,(H,20,24,25). The zero-order valence-corrected chi connectivity index (χ0v) is 14.9. The molecule has 0 atom stereocenters. The number of nitrogens with one attached hydrogen (secondary N) is 1. The molecule has 0 saturated carbocycles. The average molecular weight is 374 g/mol. The number of carbonyl (C=O) groups excluding carboxylic acids is 1. The first-order valence-electron chi connectivity index (χ1n) is 7.33. The number of hydrogen-bond donors (Lipinski definition) is 1. The predicted molar refractivity (Wildman–Crippen MR) is 96.9 cm³/mol. The van der Waals surface area contributed by atoms with E-state index in [9.17, 15) is 4.79 Å². The van der Waals surface area contributed by atoms with Crippen LogP contribution in [0.2, 0.25) is 10.0 Å². The van der Waals surface area contributed by atoms with Crippen molar-refractivity contribution in [1.29, 1.82) is 0 Å². The average Bonchev–Trinajstić information content (AvgIpc) is 2.60. The summed E-state index contributed by atoms with van der Waals surface area (Å²) < 4.78 is 0. The first-order chi connectivity index (χ1) is 11.9. The summed E-state index contributed by atoms with van der Waals surface area (Å²) in [4.78, 5) is 29.1. The number of benzene rings is 1. The molecule has 0 aliphatic rings. The van der Waals surface area contributed by atoms with E-state index in [0.717, 1.165) is 11.3 Å². The van der Waals surface area contributed by atoms with Crippen molar-refractivity contribution in [1.82, 2.24) is 19.9 Å². The van der Waals surface area contributed by atoms with Gasteiger partial charge in [0, 0.05) is 5.56 Å². The molecule has 3 aromatic rings. The van der Waals surface area contributed by atoms with Crippen LogP contribution in [0.1, 0.15) is 21.9 Å². The number of amides is 1. The van der Waals surface area contributed by atoms with Gasteiger partial charge >= 0.3 is 0 Å². The number of halogens is 2. The number of aromatic nitrogens is 4. The fourth-order valence-corrected chi connectivity index (χ4v) is 2.48. The number of aryl methyl sites for hydroxylation is 2. The number of nitrogens with zero attached hydrogens (tertiary/aromatic N) is 4. The summed E-state index contributed by atoms with van der Waals surface area (Å²) in [5.41, 5.74) is 2.91. The third-order valence-electron chi connectivity index (χ3n) is 3.41. The molecule has 25 heavy (non-hydrogen) atoms. The van der Waals surface area contributed by atoms with E-state index in [2.05, 4.69) is 25.3 Å². The second-order valence-corrected chi connectivity index (χ2v) is 6.13. The topological polar surface area (TPSA) is 80.7 Å². The quantitative estimate of drug-likeness (QED) is 0.746. The van der Waals surface area contributed by atoms with Gasteiger partial charge < -0.3 is 5.32 Å². The van der Waals surface area contributed by atoms with Gasteiger partial charge in [0.15, 0.2) is 5.82 Å². The van der Waals surface area contributed by atoms with E-state index in [1.165, 1.54) is 6.33 Å². The molecule has 0 saturated heterocycles. The molecular formula is C17H13Cl2N5O. The summed E-state index contributed by atoms with van der Waals surface area (Å²) in [7, 11) is 0. The van der Waals surface area contributed by atoms with E-state index >= 15 is 0 Å². The Kier molecular flexibility index (Phi) is 4.92. The highest BCUT2D eigenvalue weighted by Crippen LogP contribution is 2.27. The molecule has 2 aromatic heterocycles. The van der Waals surface area contributed by atoms with E-state index in [0.29, 0.717) is 27.3 Å². The molecule has 0 fully saturated rings. The molecule has 0 radical (unpaired) electrons. The normalized spacial score (nSPS) is 10.6. The van der Waals surface area contributed by atoms with Gasteiger partial charge in [0.05, 0.1) is 33.3 Å². The van der Waals surface area contributed by atoms with Gasteiger partial charge in [0.25, 0.3) is 5.91 Å². The number of anilines is 1. The molecular weight excluding hydrogens is 361 g/mol. The molecule has 6 nitrogen and oxygen atoms in total. The van der Waals surface area contributed by atoms with Crippen LogP contribution in [-0.2, 0) is 0 Å². The van der Waals surface area contributed by atoms with Crippen LogP contribution in [0, 0.1) is 13.8 Å². The summed E-state index contributed by atoms with van der Waals surface area (Å²) in [6.07, 6.45) is 2.91. The summed E-state index contributed by atoms with van der Waals surface area (Å²) in [5.74, 6) is -0.00439. The van der Waals surface area contributed by atoms with E-state index in [1.807, 2.05) is 6.92 Å². The van der Waals surface area contributed by atoms with Gasteiger partial charge in [0.2, 0.25) is 0 Å². The molecule has 3 rings (SSSR count). The Hall–Kier alpha value is -2.57. The summed E-state index contributed by atoms with van der Waals surface area (Å²) >= 11 is 12.0. The molecule has 0 aliphatic carbocycles. The van der Waals surface area contributed by atoms with Crippen molar-refractivity contribution >= 4 is 34.9 Å². The Labute approximate surface area is 154 Å². The van der Waals surface area contributed by atoms with Gasteiger partial charge in [-0.25, -0.2) is 15.0 Å². The van der Waals surface area contributed by atoms with Crippen LogP contribution in [-0.4, -0.2) is 25.8 Å². The van der Waals surface area contributed by atoms with Gasteiger partial charge in [-0.3, -0.25) is 9.78 Å². The van der Waals surface area contributed by atoms with Gasteiger partial charge in [-0.05, 0) is 32.0 Å². The monoisotopic (exact) mass is 373 g/mol. The van der Waals surface area contributed by atoms with E-state index < -0.39 is 5.91 Å². The molecule has 0 aliphatic heterocycles. The Bertz CT molecular complexity index is 962. The maximum atomic E-state index is 12.4. The first-order valence-corrected chi connectivity index (χ1v) is 8.08. The zero-order chi connectivity index (χ0) is 18.0. The Morgan fingerprint density at radius 3 is 2.56 bits per heavy atom. The lowest BCUT2D eigenvalue weighted by Crippen LogP contribution is -2.16. The zero-order valence-electron chi connectivity index (χ0n) is 13.4. The van der Waals surface area contributed by atoms with E-state index in [4.69, 9.17) is 23.2 Å². The molecule has 0 spiro atoms. The van der Waals surface area contributed by atoms with Crippen molar-refractivity contribution in [2.75, 3.05) is 5.32 Å². The van der Waals surface area contributed by atoms with Crippen molar-refractivity contribution in [3.63, 3.8) is 0 Å². The lowest BCUT2D eigenvalue weighted by molar-refractivity contribution is 0.102. The highest BCUT2D eigenvalue weighted by molar-refractivity contribution is 6.42. The molecule has 0 bridgehead atoms. The van der Waals surface area contributed by atoms with Crippen LogP contribution in [0.25, 0.3) is 11.3 Å². The van der Waals surface area contributed by atoms with Crippen LogP contribution < -0.4 is 5.32 Å². The summed E-state index contributed by atoms with van der Waals surface area (Å²) in [6, 6.07) is 6.70. The fraction of sp³-hybridized carbons (Fsp3) is 0.118. The highest BCUT2D eigenvalue weighted by Gasteiger charge is 2.13. The van der Waals surface area contributed by atoms with Gasteiger partial charge in [-0.15, -0.1) is 0 Å². The van der Waals surface area contributed by atoms with Gasteiger partial charge in [-0.1, -0.05) is 29.3 Å². The third kappa shape index (κ3) is 3.92. The third-order valence-corrected chi connectivity index (χ3v) is 4.15. The molecule has 1 aromatic carbocycles.